The highest BCUT2D eigenvalue weighted by atomic mass is 16.6. The van der Waals surface area contributed by atoms with Crippen LogP contribution in [0.15, 0.2) is 70.0 Å². The van der Waals surface area contributed by atoms with Gasteiger partial charge in [-0.05, 0) is 37.1 Å². The number of esters is 1. The Morgan fingerprint density at radius 2 is 1.73 bits per heavy atom. The Morgan fingerprint density at radius 1 is 1.00 bits per heavy atom. The Morgan fingerprint density at radius 3 is 2.43 bits per heavy atom. The number of carbonyl (C=O) groups excluding carboxylic acids is 2. The Bertz CT molecular complexity index is 904. The smallest absolute Gasteiger partial charge is 0.365 e. The monoisotopic (exact) mass is 409 g/mol. The average molecular weight is 409 g/mol. The van der Waals surface area contributed by atoms with Crippen LogP contribution in [0.3, 0.4) is 0 Å². The highest BCUT2D eigenvalue weighted by Gasteiger charge is 2.24. The molecule has 0 spiro atoms. The molecule has 1 aromatic heterocycles. The van der Waals surface area contributed by atoms with Gasteiger partial charge in [-0.1, -0.05) is 31.0 Å². The lowest BCUT2D eigenvalue weighted by Gasteiger charge is -2.16. The lowest BCUT2D eigenvalue weighted by atomic mass is 10.2. The van der Waals surface area contributed by atoms with Crippen molar-refractivity contribution in [3.05, 3.63) is 71.9 Å². The SMILES string of the molecule is CN(C=C1N=C(c2ccccc2)OC1=O)CCCCCCN(C)C(=O)c1ccco1. The van der Waals surface area contributed by atoms with E-state index in [9.17, 15) is 9.59 Å². The fourth-order valence-electron chi connectivity index (χ4n) is 3.13. The van der Waals surface area contributed by atoms with Gasteiger partial charge in [0, 0.05) is 38.9 Å². The molecule has 1 aliphatic rings. The quantitative estimate of drug-likeness (QED) is 0.340. The van der Waals surface area contributed by atoms with Gasteiger partial charge in [0.05, 0.1) is 6.26 Å². The minimum absolute atomic E-state index is 0.0924. The minimum Gasteiger partial charge on any atom is -0.459 e. The fraction of sp³-hybridized carbons (Fsp3) is 0.348. The lowest BCUT2D eigenvalue weighted by Crippen LogP contribution is -2.27. The number of rotatable bonds is 10. The number of furan rings is 1. The van der Waals surface area contributed by atoms with Crippen LogP contribution in [0.4, 0.5) is 0 Å². The van der Waals surface area contributed by atoms with Gasteiger partial charge in [0.15, 0.2) is 11.5 Å². The van der Waals surface area contributed by atoms with Gasteiger partial charge in [0.2, 0.25) is 5.90 Å². The molecule has 30 heavy (non-hydrogen) atoms. The predicted molar refractivity (Wildman–Crippen MR) is 114 cm³/mol. The van der Waals surface area contributed by atoms with Crippen LogP contribution in [0.5, 0.6) is 0 Å². The summed E-state index contributed by atoms with van der Waals surface area (Å²) in [4.78, 5) is 32.1. The van der Waals surface area contributed by atoms with Crippen molar-refractivity contribution in [3.63, 3.8) is 0 Å². The lowest BCUT2D eigenvalue weighted by molar-refractivity contribution is -0.130. The third-order valence-electron chi connectivity index (χ3n) is 4.82. The number of hydrogen-bond acceptors (Lipinski definition) is 6. The van der Waals surface area contributed by atoms with Crippen LogP contribution in [-0.2, 0) is 9.53 Å². The second-order valence-electron chi connectivity index (χ2n) is 7.29. The van der Waals surface area contributed by atoms with Crippen LogP contribution in [0.2, 0.25) is 0 Å². The summed E-state index contributed by atoms with van der Waals surface area (Å²) in [6.45, 7) is 1.51. The first-order valence-electron chi connectivity index (χ1n) is 10.1. The zero-order valence-electron chi connectivity index (χ0n) is 17.4. The van der Waals surface area contributed by atoms with E-state index in [1.807, 2.05) is 42.3 Å². The number of hydrogen-bond donors (Lipinski definition) is 0. The predicted octanol–water partition coefficient (Wildman–Crippen LogP) is 3.69. The van der Waals surface area contributed by atoms with Crippen molar-refractivity contribution in [2.45, 2.75) is 25.7 Å². The highest BCUT2D eigenvalue weighted by molar-refractivity contribution is 6.11. The summed E-state index contributed by atoms with van der Waals surface area (Å²) >= 11 is 0. The summed E-state index contributed by atoms with van der Waals surface area (Å²) in [6.07, 6.45) is 7.23. The first-order chi connectivity index (χ1) is 14.5. The van der Waals surface area contributed by atoms with Crippen LogP contribution in [0.1, 0.15) is 41.8 Å². The molecule has 0 N–H and O–H groups in total. The Labute approximate surface area is 176 Å². The molecule has 1 aromatic carbocycles. The molecule has 0 atom stereocenters. The molecule has 3 rings (SSSR count). The zero-order chi connectivity index (χ0) is 21.3. The molecule has 0 bridgehead atoms. The molecule has 1 amide bonds. The molecule has 0 saturated heterocycles. The summed E-state index contributed by atoms with van der Waals surface area (Å²) in [5.74, 6) is 0.194. The largest absolute Gasteiger partial charge is 0.459 e. The molecule has 0 radical (unpaired) electrons. The number of aliphatic imine (C=N–C) groups is 1. The molecule has 158 valence electrons. The highest BCUT2D eigenvalue weighted by Crippen LogP contribution is 2.16. The van der Waals surface area contributed by atoms with Crippen LogP contribution in [0.25, 0.3) is 0 Å². The molecule has 2 heterocycles. The van der Waals surface area contributed by atoms with Gasteiger partial charge in [-0.3, -0.25) is 4.79 Å². The summed E-state index contributed by atoms with van der Waals surface area (Å²) in [6, 6.07) is 12.8. The van der Waals surface area contributed by atoms with Crippen molar-refractivity contribution in [1.82, 2.24) is 9.80 Å². The maximum absolute atomic E-state index is 12.1. The van der Waals surface area contributed by atoms with E-state index in [1.165, 1.54) is 6.26 Å². The summed E-state index contributed by atoms with van der Waals surface area (Å²) in [5.41, 5.74) is 1.10. The number of carbonyl (C=O) groups is 2. The van der Waals surface area contributed by atoms with Crippen molar-refractivity contribution in [3.8, 4) is 0 Å². The van der Waals surface area contributed by atoms with Crippen molar-refractivity contribution in [2.24, 2.45) is 4.99 Å². The Kier molecular flexibility index (Phi) is 7.43. The first-order valence-corrected chi connectivity index (χ1v) is 10.1. The molecule has 7 heteroatoms. The second-order valence-corrected chi connectivity index (χ2v) is 7.29. The van der Waals surface area contributed by atoms with Crippen LogP contribution in [0, 0.1) is 0 Å². The summed E-state index contributed by atoms with van der Waals surface area (Å²) in [7, 11) is 3.71. The number of unbranched alkanes of at least 4 members (excludes halogenated alkanes) is 3. The number of cyclic esters (lactones) is 1. The number of nitrogens with zero attached hydrogens (tertiary/aromatic N) is 3. The van der Waals surface area contributed by atoms with E-state index in [4.69, 9.17) is 9.15 Å². The van der Waals surface area contributed by atoms with Gasteiger partial charge in [-0.25, -0.2) is 9.79 Å². The summed E-state index contributed by atoms with van der Waals surface area (Å²) < 4.78 is 10.4. The van der Waals surface area contributed by atoms with Crippen LogP contribution >= 0.6 is 0 Å². The number of ether oxygens (including phenoxy) is 1. The maximum atomic E-state index is 12.1. The average Bonchev–Trinajstić information content (AvgIpc) is 3.41. The third kappa shape index (κ3) is 5.83. The van der Waals surface area contributed by atoms with Crippen LogP contribution in [-0.4, -0.2) is 54.8 Å². The topological polar surface area (TPSA) is 75.3 Å². The van der Waals surface area contributed by atoms with E-state index < -0.39 is 5.97 Å². The molecular formula is C23H27N3O4. The summed E-state index contributed by atoms with van der Waals surface area (Å²) in [5, 5.41) is 0. The van der Waals surface area contributed by atoms with E-state index in [0.717, 1.165) is 37.8 Å². The van der Waals surface area contributed by atoms with Gasteiger partial charge in [0.25, 0.3) is 5.91 Å². The molecule has 0 unspecified atom stereocenters. The molecular weight excluding hydrogens is 382 g/mol. The number of amides is 1. The second kappa shape index (κ2) is 10.4. The molecule has 7 nitrogen and oxygen atoms in total. The van der Waals surface area contributed by atoms with Crippen LogP contribution < -0.4 is 0 Å². The first kappa shape index (κ1) is 21.4. The third-order valence-corrected chi connectivity index (χ3v) is 4.82. The van der Waals surface area contributed by atoms with Gasteiger partial charge >= 0.3 is 5.97 Å². The molecule has 0 aliphatic carbocycles. The Balaban J connectivity index is 1.36. The molecule has 0 fully saturated rings. The molecule has 0 saturated carbocycles. The Hall–Kier alpha value is -3.35. The molecule has 1 aliphatic heterocycles. The normalized spacial score (nSPS) is 14.5. The van der Waals surface area contributed by atoms with Crippen molar-refractivity contribution < 1.29 is 18.7 Å². The van der Waals surface area contributed by atoms with Gasteiger partial charge in [0.1, 0.15) is 0 Å². The van der Waals surface area contributed by atoms with Crippen molar-refractivity contribution in [2.75, 3.05) is 27.2 Å². The van der Waals surface area contributed by atoms with Gasteiger partial charge in [-0.2, -0.15) is 0 Å². The number of benzene rings is 1. The maximum Gasteiger partial charge on any atom is 0.365 e. The van der Waals surface area contributed by atoms with Crippen molar-refractivity contribution >= 4 is 17.8 Å². The van der Waals surface area contributed by atoms with Gasteiger partial charge in [-0.15, -0.1) is 0 Å². The van der Waals surface area contributed by atoms with E-state index in [0.29, 0.717) is 23.9 Å². The van der Waals surface area contributed by atoms with E-state index >= 15 is 0 Å². The van der Waals surface area contributed by atoms with E-state index in [1.54, 1.807) is 30.3 Å². The molecule has 2 aromatic rings. The van der Waals surface area contributed by atoms with Crippen molar-refractivity contribution in [1.29, 1.82) is 0 Å². The van der Waals surface area contributed by atoms with Gasteiger partial charge < -0.3 is 19.0 Å². The standard InChI is InChI=1S/C23H27N3O4/c1-25(17-19-23(28)30-21(24-19)18-11-6-5-7-12-18)14-8-3-4-9-15-26(2)22(27)20-13-10-16-29-20/h5-7,10-13,16-17H,3-4,8-9,14-15H2,1-2H3. The van der Waals surface area contributed by atoms with E-state index in [2.05, 4.69) is 4.99 Å². The minimum atomic E-state index is -0.426. The fourth-order valence-corrected chi connectivity index (χ4v) is 3.13. The van der Waals surface area contributed by atoms with E-state index in [-0.39, 0.29) is 5.91 Å². The zero-order valence-corrected chi connectivity index (χ0v) is 17.4.